The number of fused-ring (bicyclic) bond motifs is 1. The van der Waals surface area contributed by atoms with E-state index in [-0.39, 0.29) is 12.6 Å². The van der Waals surface area contributed by atoms with Crippen LogP contribution in [0.3, 0.4) is 0 Å². The average Bonchev–Trinajstić information content (AvgIpc) is 2.29. The Morgan fingerprint density at radius 1 is 1.12 bits per heavy atom. The summed E-state index contributed by atoms with van der Waals surface area (Å²) in [6, 6.07) is 12.6. The number of benzene rings is 2. The second-order valence-electron chi connectivity index (χ2n) is 4.33. The van der Waals surface area contributed by atoms with Gasteiger partial charge in [0.05, 0.1) is 6.61 Å². The van der Waals surface area contributed by atoms with Crippen LogP contribution in [-0.2, 0) is 6.42 Å². The summed E-state index contributed by atoms with van der Waals surface area (Å²) in [5, 5.41) is 11.4. The molecule has 0 saturated heterocycles. The van der Waals surface area contributed by atoms with E-state index >= 15 is 0 Å². The minimum atomic E-state index is -0.164. The SMILES string of the molecule is Cc1ccc2cc(C[C@H](N)CO)ccc2c1. The molecule has 0 saturated carbocycles. The van der Waals surface area contributed by atoms with Gasteiger partial charge in [-0.25, -0.2) is 0 Å². The van der Waals surface area contributed by atoms with Crippen LogP contribution in [0.4, 0.5) is 0 Å². The summed E-state index contributed by atoms with van der Waals surface area (Å²) >= 11 is 0. The fourth-order valence-corrected chi connectivity index (χ4v) is 1.91. The van der Waals surface area contributed by atoms with Gasteiger partial charge >= 0.3 is 0 Å². The first-order valence-electron chi connectivity index (χ1n) is 5.55. The van der Waals surface area contributed by atoms with Gasteiger partial charge in [0.2, 0.25) is 0 Å². The number of aliphatic hydroxyl groups is 1. The Morgan fingerprint density at radius 2 is 1.81 bits per heavy atom. The quantitative estimate of drug-likeness (QED) is 0.822. The average molecular weight is 215 g/mol. The summed E-state index contributed by atoms with van der Waals surface area (Å²) in [4.78, 5) is 0. The monoisotopic (exact) mass is 215 g/mol. The van der Waals surface area contributed by atoms with Gasteiger partial charge in [0.1, 0.15) is 0 Å². The van der Waals surface area contributed by atoms with Crippen LogP contribution in [-0.4, -0.2) is 17.8 Å². The lowest BCUT2D eigenvalue weighted by molar-refractivity contribution is 0.265. The first kappa shape index (κ1) is 11.1. The van der Waals surface area contributed by atoms with Gasteiger partial charge in [0.25, 0.3) is 0 Å². The highest BCUT2D eigenvalue weighted by molar-refractivity contribution is 5.83. The van der Waals surface area contributed by atoms with Crippen LogP contribution >= 0.6 is 0 Å². The smallest absolute Gasteiger partial charge is 0.0585 e. The number of aliphatic hydroxyl groups excluding tert-OH is 1. The molecule has 84 valence electrons. The molecule has 2 heteroatoms. The molecule has 0 bridgehead atoms. The van der Waals surface area contributed by atoms with Crippen LogP contribution in [0.25, 0.3) is 10.8 Å². The molecule has 2 aromatic carbocycles. The molecule has 0 unspecified atom stereocenters. The Bertz CT molecular complexity index is 493. The Hall–Kier alpha value is -1.38. The van der Waals surface area contributed by atoms with Crippen LogP contribution in [0.1, 0.15) is 11.1 Å². The van der Waals surface area contributed by atoms with Crippen LogP contribution < -0.4 is 5.73 Å². The van der Waals surface area contributed by atoms with Crippen molar-refractivity contribution < 1.29 is 5.11 Å². The topological polar surface area (TPSA) is 46.2 Å². The van der Waals surface area contributed by atoms with Gasteiger partial charge in [-0.2, -0.15) is 0 Å². The molecule has 0 aromatic heterocycles. The molecule has 0 aliphatic rings. The van der Waals surface area contributed by atoms with E-state index in [1.54, 1.807) is 0 Å². The molecule has 0 spiro atoms. The molecule has 0 radical (unpaired) electrons. The number of hydrogen-bond acceptors (Lipinski definition) is 2. The molecule has 0 aliphatic heterocycles. The van der Waals surface area contributed by atoms with E-state index in [2.05, 4.69) is 43.3 Å². The van der Waals surface area contributed by atoms with Crippen molar-refractivity contribution in [3.8, 4) is 0 Å². The van der Waals surface area contributed by atoms with Crippen LogP contribution in [0, 0.1) is 6.92 Å². The Balaban J connectivity index is 2.33. The highest BCUT2D eigenvalue weighted by Gasteiger charge is 2.03. The van der Waals surface area contributed by atoms with Gasteiger partial charge in [-0.15, -0.1) is 0 Å². The molecule has 0 amide bonds. The molecule has 0 fully saturated rings. The number of aryl methyl sites for hydroxylation is 1. The van der Waals surface area contributed by atoms with Gasteiger partial charge in [0.15, 0.2) is 0 Å². The Labute approximate surface area is 95.7 Å². The summed E-state index contributed by atoms with van der Waals surface area (Å²) < 4.78 is 0. The third kappa shape index (κ3) is 2.40. The molecule has 3 N–H and O–H groups in total. The third-order valence-corrected chi connectivity index (χ3v) is 2.79. The summed E-state index contributed by atoms with van der Waals surface area (Å²) in [5.41, 5.74) is 8.17. The predicted molar refractivity (Wildman–Crippen MR) is 67.5 cm³/mol. The van der Waals surface area contributed by atoms with E-state index in [0.29, 0.717) is 0 Å². The van der Waals surface area contributed by atoms with Gasteiger partial charge in [-0.3, -0.25) is 0 Å². The first-order chi connectivity index (χ1) is 7.69. The van der Waals surface area contributed by atoms with Crippen molar-refractivity contribution in [2.45, 2.75) is 19.4 Å². The first-order valence-corrected chi connectivity index (χ1v) is 5.55. The molecule has 16 heavy (non-hydrogen) atoms. The Morgan fingerprint density at radius 3 is 2.56 bits per heavy atom. The van der Waals surface area contributed by atoms with E-state index in [1.807, 2.05) is 0 Å². The van der Waals surface area contributed by atoms with Crippen LogP contribution in [0.2, 0.25) is 0 Å². The second kappa shape index (κ2) is 4.64. The number of rotatable bonds is 3. The lowest BCUT2D eigenvalue weighted by Crippen LogP contribution is -2.26. The third-order valence-electron chi connectivity index (χ3n) is 2.79. The Kier molecular flexibility index (Phi) is 3.22. The van der Waals surface area contributed by atoms with E-state index < -0.39 is 0 Å². The zero-order valence-corrected chi connectivity index (χ0v) is 9.48. The lowest BCUT2D eigenvalue weighted by Gasteiger charge is -2.09. The minimum Gasteiger partial charge on any atom is -0.395 e. The maximum atomic E-state index is 8.92. The fourth-order valence-electron chi connectivity index (χ4n) is 1.91. The van der Waals surface area contributed by atoms with Crippen LogP contribution in [0.15, 0.2) is 36.4 Å². The van der Waals surface area contributed by atoms with Crippen molar-refractivity contribution in [3.05, 3.63) is 47.5 Å². The van der Waals surface area contributed by atoms with Crippen molar-refractivity contribution in [1.29, 1.82) is 0 Å². The van der Waals surface area contributed by atoms with E-state index in [9.17, 15) is 0 Å². The van der Waals surface area contributed by atoms with Crippen molar-refractivity contribution in [2.75, 3.05) is 6.61 Å². The molecule has 2 rings (SSSR count). The van der Waals surface area contributed by atoms with E-state index in [4.69, 9.17) is 10.8 Å². The summed E-state index contributed by atoms with van der Waals surface area (Å²) in [6.07, 6.45) is 0.723. The standard InChI is InChI=1S/C14H17NO/c1-10-2-4-13-7-11(8-14(15)9-16)3-5-12(13)6-10/h2-7,14,16H,8-9,15H2,1H3/t14-/m0/s1. The largest absolute Gasteiger partial charge is 0.395 e. The van der Waals surface area contributed by atoms with Crippen molar-refractivity contribution in [2.24, 2.45) is 5.73 Å². The zero-order chi connectivity index (χ0) is 11.5. The summed E-state index contributed by atoms with van der Waals surface area (Å²) in [5.74, 6) is 0. The molecule has 2 aromatic rings. The summed E-state index contributed by atoms with van der Waals surface area (Å²) in [7, 11) is 0. The fraction of sp³-hybridized carbons (Fsp3) is 0.286. The normalized spacial score (nSPS) is 12.9. The van der Waals surface area contributed by atoms with Gasteiger partial charge in [-0.1, -0.05) is 42.0 Å². The highest BCUT2D eigenvalue weighted by atomic mass is 16.3. The predicted octanol–water partition coefficient (Wildman–Crippen LogP) is 2.01. The molecule has 0 heterocycles. The van der Waals surface area contributed by atoms with Gasteiger partial charge in [0, 0.05) is 6.04 Å². The highest BCUT2D eigenvalue weighted by Crippen LogP contribution is 2.18. The maximum Gasteiger partial charge on any atom is 0.0585 e. The van der Waals surface area contributed by atoms with Gasteiger partial charge < -0.3 is 10.8 Å². The molecule has 0 aliphatic carbocycles. The maximum absolute atomic E-state index is 8.92. The van der Waals surface area contributed by atoms with Crippen LogP contribution in [0.5, 0.6) is 0 Å². The minimum absolute atomic E-state index is 0.0337. The summed E-state index contributed by atoms with van der Waals surface area (Å²) in [6.45, 7) is 2.13. The molecular weight excluding hydrogens is 198 g/mol. The van der Waals surface area contributed by atoms with Crippen molar-refractivity contribution in [1.82, 2.24) is 0 Å². The van der Waals surface area contributed by atoms with Gasteiger partial charge in [-0.05, 0) is 29.7 Å². The number of nitrogens with two attached hydrogens (primary N) is 1. The van der Waals surface area contributed by atoms with E-state index in [0.717, 1.165) is 6.42 Å². The second-order valence-corrected chi connectivity index (χ2v) is 4.33. The van der Waals surface area contributed by atoms with Crippen molar-refractivity contribution >= 4 is 10.8 Å². The van der Waals surface area contributed by atoms with E-state index in [1.165, 1.54) is 21.9 Å². The molecular formula is C14H17NO. The van der Waals surface area contributed by atoms with Crippen molar-refractivity contribution in [3.63, 3.8) is 0 Å². The number of hydrogen-bond donors (Lipinski definition) is 2. The zero-order valence-electron chi connectivity index (χ0n) is 9.48. The lowest BCUT2D eigenvalue weighted by atomic mass is 10.0. The molecule has 1 atom stereocenters. The molecule has 2 nitrogen and oxygen atoms in total.